The molecule has 1 heterocycles. The number of nitrogens with zero attached hydrogens (tertiary/aromatic N) is 1. The molecule has 2 aromatic rings. The summed E-state index contributed by atoms with van der Waals surface area (Å²) in [7, 11) is 0. The van der Waals surface area contributed by atoms with Crippen LogP contribution in [-0.2, 0) is 65.6 Å². The second-order valence-corrected chi connectivity index (χ2v) is 21.3. The summed E-state index contributed by atoms with van der Waals surface area (Å²) in [6.07, 6.45) is 5.75. The molecule has 0 fully saturated rings. The van der Waals surface area contributed by atoms with E-state index < -0.39 is 151 Å². The van der Waals surface area contributed by atoms with E-state index in [-0.39, 0.29) is 38.0 Å². The average molecular weight is 1140 g/mol. The molecule has 1 aromatic heterocycles. The number of rotatable bonds is 38. The van der Waals surface area contributed by atoms with E-state index in [1.165, 1.54) is 24.3 Å². The summed E-state index contributed by atoms with van der Waals surface area (Å²) in [6.45, 7) is 8.92. The Kier molecular flexibility index (Phi) is 31.2. The maximum Gasteiger partial charge on any atom is 0.245 e. The molecule has 19 N–H and O–H groups in total. The summed E-state index contributed by atoms with van der Waals surface area (Å²) in [4.78, 5) is 154. The highest BCUT2D eigenvalue weighted by Gasteiger charge is 2.36. The molecule has 0 bridgehead atoms. The summed E-state index contributed by atoms with van der Waals surface area (Å²) >= 11 is 1.46. The molecule has 11 amide bonds. The lowest BCUT2D eigenvalue weighted by Crippen LogP contribution is -2.62. The van der Waals surface area contributed by atoms with Gasteiger partial charge in [0.2, 0.25) is 65.0 Å². The second-order valence-electron chi connectivity index (χ2n) is 20.3. The Balaban J connectivity index is 2.30. The maximum atomic E-state index is 14.1. The lowest BCUT2D eigenvalue weighted by molar-refractivity contribution is -0.137. The number of carbonyl (C=O) groups is 11. The molecule has 27 nitrogen and oxygen atoms in total. The van der Waals surface area contributed by atoms with Crippen molar-refractivity contribution < 1.29 is 57.8 Å². The molecule has 0 aliphatic heterocycles. The number of aromatic nitrogens is 2. The van der Waals surface area contributed by atoms with E-state index in [1.807, 2.05) is 20.1 Å². The first-order valence-corrected chi connectivity index (χ1v) is 28.1. The Bertz CT molecular complexity index is 2350. The number of nitrogens with two attached hydrogens (primary N) is 4. The fraction of sp³-hybridized carbons (Fsp3) is 0.615. The molecule has 0 unspecified atom stereocenters. The summed E-state index contributed by atoms with van der Waals surface area (Å²) in [5, 5.41) is 33.3. The molecule has 0 spiro atoms. The summed E-state index contributed by atoms with van der Waals surface area (Å²) < 4.78 is 0. The molecule has 10 atom stereocenters. The quantitative estimate of drug-likeness (QED) is 0.0290. The van der Waals surface area contributed by atoms with Gasteiger partial charge in [0.05, 0.1) is 31.9 Å². The van der Waals surface area contributed by atoms with Crippen molar-refractivity contribution in [2.45, 2.75) is 154 Å². The Morgan fingerprint density at radius 3 is 1.79 bits per heavy atom. The first-order valence-electron chi connectivity index (χ1n) is 26.7. The number of aliphatic hydroxyl groups excluding tert-OH is 1. The van der Waals surface area contributed by atoms with Gasteiger partial charge >= 0.3 is 0 Å². The van der Waals surface area contributed by atoms with Gasteiger partial charge in [-0.05, 0) is 74.0 Å². The number of amides is 11. The van der Waals surface area contributed by atoms with E-state index in [4.69, 9.17) is 22.9 Å². The van der Waals surface area contributed by atoms with Crippen molar-refractivity contribution in [3.05, 3.63) is 54.1 Å². The van der Waals surface area contributed by atoms with Crippen LogP contribution in [0.5, 0.6) is 0 Å². The molecule has 446 valence electrons. The van der Waals surface area contributed by atoms with Crippen molar-refractivity contribution in [3.8, 4) is 0 Å². The summed E-state index contributed by atoms with van der Waals surface area (Å²) in [5.41, 5.74) is 24.0. The van der Waals surface area contributed by atoms with Crippen LogP contribution in [0.4, 0.5) is 0 Å². The normalized spacial score (nSPS) is 14.9. The summed E-state index contributed by atoms with van der Waals surface area (Å²) in [6, 6.07) is -3.52. The molecule has 0 aliphatic carbocycles. The highest BCUT2D eigenvalue weighted by Crippen LogP contribution is 2.13. The fourth-order valence-electron chi connectivity index (χ4n) is 8.00. The minimum Gasteiger partial charge on any atom is -0.394 e. The van der Waals surface area contributed by atoms with E-state index in [0.29, 0.717) is 42.8 Å². The molecule has 2 rings (SSSR count). The number of hydrogen-bond donors (Lipinski definition) is 15. The van der Waals surface area contributed by atoms with Crippen LogP contribution in [0.15, 0.2) is 42.9 Å². The van der Waals surface area contributed by atoms with E-state index in [9.17, 15) is 57.8 Å². The van der Waals surface area contributed by atoms with Gasteiger partial charge < -0.3 is 80.9 Å². The number of unbranched alkanes of at least 4 members (excludes halogenated alkanes) is 1. The highest BCUT2D eigenvalue weighted by atomic mass is 32.2. The van der Waals surface area contributed by atoms with Gasteiger partial charge in [0, 0.05) is 24.7 Å². The third-order valence-electron chi connectivity index (χ3n) is 12.8. The number of aliphatic hydroxyl groups is 1. The average Bonchev–Trinajstić information content (AvgIpc) is 3.92. The largest absolute Gasteiger partial charge is 0.394 e. The smallest absolute Gasteiger partial charge is 0.245 e. The van der Waals surface area contributed by atoms with Crippen LogP contribution in [0.2, 0.25) is 0 Å². The topological polar surface area (TPSA) is 449 Å². The van der Waals surface area contributed by atoms with Gasteiger partial charge in [-0.1, -0.05) is 78.3 Å². The number of hydrogen-bond acceptors (Lipinski definition) is 16. The molecule has 0 saturated heterocycles. The van der Waals surface area contributed by atoms with Gasteiger partial charge in [0.25, 0.3) is 0 Å². The maximum absolute atomic E-state index is 14.1. The molecule has 28 heteroatoms. The van der Waals surface area contributed by atoms with Crippen molar-refractivity contribution in [3.63, 3.8) is 0 Å². The van der Waals surface area contributed by atoms with Crippen LogP contribution in [0.1, 0.15) is 97.7 Å². The zero-order valence-corrected chi connectivity index (χ0v) is 47.6. The number of imidazole rings is 1. The molecule has 0 saturated carbocycles. The Labute approximate surface area is 471 Å². The van der Waals surface area contributed by atoms with Crippen molar-refractivity contribution in [2.75, 3.05) is 31.7 Å². The van der Waals surface area contributed by atoms with Gasteiger partial charge in [-0.3, -0.25) is 52.7 Å². The van der Waals surface area contributed by atoms with Gasteiger partial charge in [-0.25, -0.2) is 4.98 Å². The number of benzene rings is 1. The van der Waals surface area contributed by atoms with Crippen LogP contribution in [0.3, 0.4) is 0 Å². The minimum atomic E-state index is -1.80. The third-order valence-corrected chi connectivity index (χ3v) is 13.4. The monoisotopic (exact) mass is 1140 g/mol. The standard InChI is InChI=1S/C52H85N15O12S/c1-8-30(6)43(67-46(73)35(16-12-13-18-53)62-45(72)33(54)22-32-24-57-27-59-32)52(79)64-38(23-40(55)69)48(75)65-39(26-68)50(77)63-37(21-31-14-10-9-11-15-31)49(76)66-42(29(4)5)51(78)58-25-41(70)60-36(20-28(2)3)47(74)61-34(44(56)71)17-19-80-7/h9-11,14-15,24,27-30,33-39,42-43,68H,8,12-13,16-23,25-26,53-54H2,1-7H3,(H2,55,69)(H2,56,71)(H,57,59)(H,58,78)(H,60,70)(H,61,74)(H,62,72)(H,63,77)(H,64,79)(H,65,75)(H,66,76)(H,67,73)/t30-,33-,34-,35-,36-,37-,38-,39-,42-,43-/m0/s1. The zero-order chi connectivity index (χ0) is 60.1. The molecular formula is C52H85N15O12S. The number of nitrogens with one attached hydrogen (secondary N) is 10. The number of thioether (sulfide) groups is 1. The molecule has 0 aliphatic rings. The van der Waals surface area contributed by atoms with Crippen LogP contribution < -0.4 is 70.8 Å². The van der Waals surface area contributed by atoms with Crippen molar-refractivity contribution in [1.29, 1.82) is 0 Å². The van der Waals surface area contributed by atoms with E-state index in [0.717, 1.165) is 0 Å². The van der Waals surface area contributed by atoms with Gasteiger partial charge in [0.15, 0.2) is 0 Å². The molecule has 80 heavy (non-hydrogen) atoms. The van der Waals surface area contributed by atoms with Gasteiger partial charge in [-0.15, -0.1) is 0 Å². The van der Waals surface area contributed by atoms with Crippen LogP contribution >= 0.6 is 11.8 Å². The van der Waals surface area contributed by atoms with E-state index in [1.54, 1.807) is 58.0 Å². The number of H-pyrrole nitrogens is 1. The lowest BCUT2D eigenvalue weighted by atomic mass is 9.96. The predicted octanol–water partition coefficient (Wildman–Crippen LogP) is -3.50. The summed E-state index contributed by atoms with van der Waals surface area (Å²) in [5.74, 6) is -10.1. The van der Waals surface area contributed by atoms with Gasteiger partial charge in [0.1, 0.15) is 48.3 Å². The van der Waals surface area contributed by atoms with Crippen LogP contribution in [0.25, 0.3) is 0 Å². The van der Waals surface area contributed by atoms with Crippen LogP contribution in [-0.4, -0.2) is 166 Å². The predicted molar refractivity (Wildman–Crippen MR) is 299 cm³/mol. The second kappa shape index (κ2) is 36.2. The number of aromatic amines is 1. The van der Waals surface area contributed by atoms with E-state index in [2.05, 4.69) is 57.8 Å². The Hall–Kier alpha value is -7.17. The fourth-order valence-corrected chi connectivity index (χ4v) is 8.47. The molecular weight excluding hydrogens is 1060 g/mol. The minimum absolute atomic E-state index is 0.0691. The van der Waals surface area contributed by atoms with E-state index >= 15 is 0 Å². The highest BCUT2D eigenvalue weighted by molar-refractivity contribution is 7.98. The number of carbonyl (C=O) groups excluding carboxylic acids is 11. The lowest BCUT2D eigenvalue weighted by Gasteiger charge is -2.29. The zero-order valence-electron chi connectivity index (χ0n) is 46.8. The van der Waals surface area contributed by atoms with Crippen molar-refractivity contribution in [2.24, 2.45) is 40.7 Å². The van der Waals surface area contributed by atoms with Crippen molar-refractivity contribution in [1.82, 2.24) is 57.8 Å². The van der Waals surface area contributed by atoms with Gasteiger partial charge in [-0.2, -0.15) is 11.8 Å². The molecule has 0 radical (unpaired) electrons. The number of primary amides is 2. The van der Waals surface area contributed by atoms with Crippen LogP contribution in [0, 0.1) is 17.8 Å². The first-order chi connectivity index (χ1) is 37.8. The Morgan fingerprint density at radius 2 is 1.23 bits per heavy atom. The van der Waals surface area contributed by atoms with Crippen molar-refractivity contribution >= 4 is 76.7 Å². The molecule has 1 aromatic carbocycles. The third kappa shape index (κ3) is 24.9. The Morgan fingerprint density at radius 1 is 0.650 bits per heavy atom. The first kappa shape index (κ1) is 68.9. The SMILES string of the molecule is CC[C@H](C)[C@H](NC(=O)[C@H](CCCCN)NC(=O)[C@@H](N)Cc1cnc[nH]1)C(=O)N[C@@H](CC(N)=O)C(=O)N[C@@H](CO)C(=O)N[C@@H](Cc1ccccc1)C(=O)N[C@H](C(=O)NCC(=O)N[C@@H](CC(C)C)C(=O)N[C@@H](CCSC)C(N)=O)C(C)C.